The average Bonchev–Trinajstić information content (AvgIpc) is 2.89. The maximum atomic E-state index is 12.7. The van der Waals surface area contributed by atoms with Gasteiger partial charge in [-0.25, -0.2) is 4.79 Å². The van der Waals surface area contributed by atoms with E-state index in [0.29, 0.717) is 13.2 Å². The van der Waals surface area contributed by atoms with Gasteiger partial charge < -0.3 is 4.74 Å². The van der Waals surface area contributed by atoms with Gasteiger partial charge in [-0.2, -0.15) is 0 Å². The number of imidazole rings is 1. The van der Waals surface area contributed by atoms with Gasteiger partial charge in [0.25, 0.3) is 0 Å². The maximum Gasteiger partial charge on any atom is 0.328 e. The maximum absolute atomic E-state index is 12.7. The van der Waals surface area contributed by atoms with Crippen molar-refractivity contribution < 1.29 is 4.74 Å². The third kappa shape index (κ3) is 3.80. The number of pyridine rings is 1. The Balaban J connectivity index is 2.11. The van der Waals surface area contributed by atoms with Crippen molar-refractivity contribution in [3.8, 4) is 22.4 Å². The van der Waals surface area contributed by atoms with Crippen LogP contribution in [0.3, 0.4) is 0 Å². The molecule has 3 rings (SSSR count). The molecule has 0 spiro atoms. The van der Waals surface area contributed by atoms with Crippen molar-refractivity contribution in [3.05, 3.63) is 64.5 Å². The minimum atomic E-state index is -0.0219. The molecule has 0 radical (unpaired) electrons. The first kappa shape index (κ1) is 20.1. The predicted octanol–water partition coefficient (Wildman–Crippen LogP) is 4.17. The first-order valence-electron chi connectivity index (χ1n) is 9.55. The smallest absolute Gasteiger partial charge is 0.328 e. The molecule has 0 N–H and O–H groups in total. The molecule has 0 aliphatic carbocycles. The number of ether oxygens (including phenoxy) is 1. The van der Waals surface area contributed by atoms with Crippen LogP contribution in [0, 0.1) is 6.92 Å². The highest BCUT2D eigenvalue weighted by Crippen LogP contribution is 2.30. The summed E-state index contributed by atoms with van der Waals surface area (Å²) in [7, 11) is 3.46. The molecule has 28 heavy (non-hydrogen) atoms. The second-order valence-corrected chi connectivity index (χ2v) is 8.21. The van der Waals surface area contributed by atoms with Crippen molar-refractivity contribution in [1.29, 1.82) is 0 Å². The van der Waals surface area contributed by atoms with E-state index in [1.54, 1.807) is 16.2 Å². The van der Waals surface area contributed by atoms with Crippen LogP contribution >= 0.6 is 0 Å². The molecule has 0 saturated carbocycles. The molecule has 5 heteroatoms. The molecule has 0 aliphatic rings. The first-order chi connectivity index (χ1) is 13.2. The summed E-state index contributed by atoms with van der Waals surface area (Å²) in [4.78, 5) is 17.1. The highest BCUT2D eigenvalue weighted by atomic mass is 16.5. The SMILES string of the molecule is COCCn1c(-c2cccc(-c3cncc(C(C)(C)C)c3)c2)c(C)n(C)c1=O. The monoisotopic (exact) mass is 379 g/mol. The molecule has 2 aromatic heterocycles. The molecule has 0 unspecified atom stereocenters. The Labute approximate surface area is 166 Å². The number of benzene rings is 1. The van der Waals surface area contributed by atoms with Crippen molar-refractivity contribution in [3.63, 3.8) is 0 Å². The molecule has 148 valence electrons. The molecule has 0 atom stereocenters. The third-order valence-corrected chi connectivity index (χ3v) is 5.23. The van der Waals surface area contributed by atoms with Crippen LogP contribution in [0.2, 0.25) is 0 Å². The lowest BCUT2D eigenvalue weighted by Gasteiger charge is -2.19. The van der Waals surface area contributed by atoms with Gasteiger partial charge >= 0.3 is 5.69 Å². The average molecular weight is 380 g/mol. The summed E-state index contributed by atoms with van der Waals surface area (Å²) >= 11 is 0. The van der Waals surface area contributed by atoms with Crippen molar-refractivity contribution in [2.45, 2.75) is 39.7 Å². The van der Waals surface area contributed by atoms with Crippen LogP contribution in [0.4, 0.5) is 0 Å². The summed E-state index contributed by atoms with van der Waals surface area (Å²) in [6.45, 7) is 9.56. The van der Waals surface area contributed by atoms with E-state index in [0.717, 1.165) is 28.1 Å². The zero-order chi connectivity index (χ0) is 20.5. The Kier molecular flexibility index (Phi) is 5.57. The normalized spacial score (nSPS) is 11.8. The fourth-order valence-electron chi connectivity index (χ4n) is 3.38. The number of hydrogen-bond donors (Lipinski definition) is 0. The molecule has 5 nitrogen and oxygen atoms in total. The van der Waals surface area contributed by atoms with Gasteiger partial charge in [0.15, 0.2) is 0 Å². The van der Waals surface area contributed by atoms with Gasteiger partial charge in [-0.3, -0.25) is 14.1 Å². The number of nitrogens with zero attached hydrogens (tertiary/aromatic N) is 3. The summed E-state index contributed by atoms with van der Waals surface area (Å²) in [6.07, 6.45) is 3.82. The van der Waals surface area contributed by atoms with E-state index in [9.17, 15) is 4.79 Å². The second kappa shape index (κ2) is 7.76. The van der Waals surface area contributed by atoms with Gasteiger partial charge in [-0.1, -0.05) is 39.0 Å². The van der Waals surface area contributed by atoms with E-state index >= 15 is 0 Å². The Bertz CT molecular complexity index is 1040. The second-order valence-electron chi connectivity index (χ2n) is 8.21. The van der Waals surface area contributed by atoms with E-state index < -0.39 is 0 Å². The lowest BCUT2D eigenvalue weighted by molar-refractivity contribution is 0.186. The molecule has 3 aromatic rings. The zero-order valence-electron chi connectivity index (χ0n) is 17.6. The summed E-state index contributed by atoms with van der Waals surface area (Å²) in [5.74, 6) is 0. The van der Waals surface area contributed by atoms with Gasteiger partial charge in [0.1, 0.15) is 0 Å². The van der Waals surface area contributed by atoms with Crippen LogP contribution < -0.4 is 5.69 Å². The summed E-state index contributed by atoms with van der Waals surface area (Å²) in [5.41, 5.74) is 6.28. The van der Waals surface area contributed by atoms with E-state index in [1.807, 2.05) is 32.4 Å². The van der Waals surface area contributed by atoms with Crippen LogP contribution in [0.25, 0.3) is 22.4 Å². The van der Waals surface area contributed by atoms with Crippen molar-refractivity contribution in [1.82, 2.24) is 14.1 Å². The zero-order valence-corrected chi connectivity index (χ0v) is 17.6. The van der Waals surface area contributed by atoms with E-state index in [2.05, 4.69) is 50.0 Å². The molecular formula is C23H29N3O2. The van der Waals surface area contributed by atoms with Crippen LogP contribution in [-0.4, -0.2) is 27.8 Å². The molecule has 0 amide bonds. The molecule has 1 aromatic carbocycles. The number of methoxy groups -OCH3 is 1. The molecule has 2 heterocycles. The third-order valence-electron chi connectivity index (χ3n) is 5.23. The van der Waals surface area contributed by atoms with E-state index in [1.165, 1.54) is 5.56 Å². The minimum Gasteiger partial charge on any atom is -0.383 e. The molecule has 0 aliphatic heterocycles. The van der Waals surface area contributed by atoms with Gasteiger partial charge in [0, 0.05) is 43.4 Å². The Hall–Kier alpha value is -2.66. The lowest BCUT2D eigenvalue weighted by atomic mass is 9.87. The van der Waals surface area contributed by atoms with Crippen molar-refractivity contribution in [2.75, 3.05) is 13.7 Å². The summed E-state index contributed by atoms with van der Waals surface area (Å²) in [6, 6.07) is 10.5. The van der Waals surface area contributed by atoms with Crippen LogP contribution in [0.5, 0.6) is 0 Å². The Morgan fingerprint density at radius 1 is 1.07 bits per heavy atom. The molecular weight excluding hydrogens is 350 g/mol. The van der Waals surface area contributed by atoms with Gasteiger partial charge in [0.05, 0.1) is 18.8 Å². The largest absolute Gasteiger partial charge is 0.383 e. The minimum absolute atomic E-state index is 0.0219. The molecule has 0 fully saturated rings. The quantitative estimate of drug-likeness (QED) is 0.668. The highest BCUT2D eigenvalue weighted by Gasteiger charge is 2.18. The van der Waals surface area contributed by atoms with Crippen LogP contribution in [-0.2, 0) is 23.7 Å². The first-order valence-corrected chi connectivity index (χ1v) is 9.55. The Morgan fingerprint density at radius 2 is 1.79 bits per heavy atom. The summed E-state index contributed by atoms with van der Waals surface area (Å²) in [5, 5.41) is 0. The lowest BCUT2D eigenvalue weighted by Crippen LogP contribution is -2.24. The van der Waals surface area contributed by atoms with Gasteiger partial charge in [-0.15, -0.1) is 0 Å². The van der Waals surface area contributed by atoms with E-state index in [-0.39, 0.29) is 11.1 Å². The van der Waals surface area contributed by atoms with Crippen LogP contribution in [0.1, 0.15) is 32.0 Å². The Morgan fingerprint density at radius 3 is 2.46 bits per heavy atom. The highest BCUT2D eigenvalue weighted by molar-refractivity contribution is 5.72. The number of hydrogen-bond acceptors (Lipinski definition) is 3. The van der Waals surface area contributed by atoms with Crippen molar-refractivity contribution >= 4 is 0 Å². The van der Waals surface area contributed by atoms with Gasteiger partial charge in [0.2, 0.25) is 0 Å². The fourth-order valence-corrected chi connectivity index (χ4v) is 3.38. The summed E-state index contributed by atoms with van der Waals surface area (Å²) < 4.78 is 8.69. The molecule has 0 saturated heterocycles. The van der Waals surface area contributed by atoms with Crippen LogP contribution in [0.15, 0.2) is 47.5 Å². The standard InChI is InChI=1S/C23H29N3O2/c1-16-21(26(10-11-28-6)22(27)25(16)5)18-9-7-8-17(12-18)19-13-20(15-24-14-19)23(2,3)4/h7-9,12-15H,10-11H2,1-6H3. The predicted molar refractivity (Wildman–Crippen MR) is 114 cm³/mol. The molecule has 0 bridgehead atoms. The van der Waals surface area contributed by atoms with E-state index in [4.69, 9.17) is 4.74 Å². The van der Waals surface area contributed by atoms with Gasteiger partial charge in [-0.05, 0) is 35.6 Å². The number of rotatable bonds is 5. The topological polar surface area (TPSA) is 49.0 Å². The fraction of sp³-hybridized carbons (Fsp3) is 0.391. The van der Waals surface area contributed by atoms with Crippen molar-refractivity contribution in [2.24, 2.45) is 7.05 Å². The number of aromatic nitrogens is 3.